The number of rotatable bonds is 6. The fraction of sp³-hybridized carbons (Fsp3) is 0.462. The van der Waals surface area contributed by atoms with E-state index in [1.54, 1.807) is 0 Å². The molecule has 6 heteroatoms. The van der Waals surface area contributed by atoms with E-state index in [2.05, 4.69) is 6.92 Å². The van der Waals surface area contributed by atoms with Crippen LogP contribution >= 0.6 is 0 Å². The zero-order valence-electron chi connectivity index (χ0n) is 11.1. The first-order valence-electron chi connectivity index (χ1n) is 6.16. The van der Waals surface area contributed by atoms with Crippen LogP contribution in [0.5, 0.6) is 0 Å². The molecule has 0 fully saturated rings. The molecule has 0 saturated heterocycles. The van der Waals surface area contributed by atoms with Crippen LogP contribution in [0.2, 0.25) is 0 Å². The standard InChI is InChI=1S/C13H18N2O4/c1-3-4-9(2)8-19-13(16)10-5-6-11(14)12(7-10)15(17)18/h5-7,9H,3-4,8,14H2,1-2H3. The second kappa shape index (κ2) is 6.72. The molecule has 0 aromatic heterocycles. The maximum absolute atomic E-state index is 11.8. The molecule has 1 aromatic rings. The number of ether oxygens (including phenoxy) is 1. The molecule has 0 saturated carbocycles. The molecule has 0 aliphatic carbocycles. The number of nitro groups is 1. The van der Waals surface area contributed by atoms with E-state index in [1.807, 2.05) is 6.92 Å². The van der Waals surface area contributed by atoms with Crippen LogP contribution in [-0.4, -0.2) is 17.5 Å². The minimum absolute atomic E-state index is 0.0286. The molecule has 0 aliphatic rings. The van der Waals surface area contributed by atoms with Crippen LogP contribution in [0.3, 0.4) is 0 Å². The summed E-state index contributed by atoms with van der Waals surface area (Å²) in [6, 6.07) is 3.90. The predicted octanol–water partition coefficient (Wildman–Crippen LogP) is 2.77. The number of nitrogens with zero attached hydrogens (tertiary/aromatic N) is 1. The fourth-order valence-electron chi connectivity index (χ4n) is 1.71. The van der Waals surface area contributed by atoms with E-state index in [-0.39, 0.29) is 22.9 Å². The summed E-state index contributed by atoms with van der Waals surface area (Å²) < 4.78 is 5.11. The number of nitro benzene ring substituents is 1. The Morgan fingerprint density at radius 3 is 2.79 bits per heavy atom. The van der Waals surface area contributed by atoms with Crippen LogP contribution in [0.15, 0.2) is 18.2 Å². The first-order valence-corrected chi connectivity index (χ1v) is 6.16. The summed E-state index contributed by atoms with van der Waals surface area (Å²) in [5.41, 5.74) is 5.35. The van der Waals surface area contributed by atoms with Gasteiger partial charge in [0.05, 0.1) is 17.1 Å². The van der Waals surface area contributed by atoms with Crippen molar-refractivity contribution in [1.82, 2.24) is 0 Å². The topological polar surface area (TPSA) is 95.5 Å². The Kier molecular flexibility index (Phi) is 5.29. The highest BCUT2D eigenvalue weighted by Crippen LogP contribution is 2.22. The summed E-state index contributed by atoms with van der Waals surface area (Å²) in [7, 11) is 0. The summed E-state index contributed by atoms with van der Waals surface area (Å²) in [5.74, 6) is -0.288. The molecule has 1 unspecified atom stereocenters. The van der Waals surface area contributed by atoms with E-state index in [0.717, 1.165) is 18.9 Å². The first-order chi connectivity index (χ1) is 8.95. The van der Waals surface area contributed by atoms with Gasteiger partial charge in [0.1, 0.15) is 5.69 Å². The van der Waals surface area contributed by atoms with Crippen LogP contribution in [0.1, 0.15) is 37.0 Å². The molecule has 0 heterocycles. The number of nitrogen functional groups attached to an aromatic ring is 1. The van der Waals surface area contributed by atoms with Crippen molar-refractivity contribution in [2.24, 2.45) is 5.92 Å². The lowest BCUT2D eigenvalue weighted by Gasteiger charge is -2.10. The lowest BCUT2D eigenvalue weighted by atomic mass is 10.1. The normalized spacial score (nSPS) is 11.9. The molecule has 0 spiro atoms. The van der Waals surface area contributed by atoms with Crippen molar-refractivity contribution in [3.63, 3.8) is 0 Å². The van der Waals surface area contributed by atoms with Crippen molar-refractivity contribution in [1.29, 1.82) is 0 Å². The summed E-state index contributed by atoms with van der Waals surface area (Å²) in [4.78, 5) is 21.9. The Bertz CT molecular complexity index is 474. The number of nitrogens with two attached hydrogens (primary N) is 1. The quantitative estimate of drug-likeness (QED) is 0.369. The van der Waals surface area contributed by atoms with Gasteiger partial charge >= 0.3 is 5.97 Å². The van der Waals surface area contributed by atoms with E-state index in [1.165, 1.54) is 12.1 Å². The Labute approximate surface area is 111 Å². The second-order valence-electron chi connectivity index (χ2n) is 4.52. The highest BCUT2D eigenvalue weighted by atomic mass is 16.6. The maximum Gasteiger partial charge on any atom is 0.338 e. The van der Waals surface area contributed by atoms with Crippen molar-refractivity contribution >= 4 is 17.3 Å². The van der Waals surface area contributed by atoms with Gasteiger partial charge in [0, 0.05) is 6.07 Å². The zero-order chi connectivity index (χ0) is 14.4. The van der Waals surface area contributed by atoms with Crippen LogP contribution in [-0.2, 0) is 4.74 Å². The average Bonchev–Trinajstić information content (AvgIpc) is 2.36. The first kappa shape index (κ1) is 14.9. The minimum Gasteiger partial charge on any atom is -0.462 e. The summed E-state index contributed by atoms with van der Waals surface area (Å²) in [6.45, 7) is 4.36. The summed E-state index contributed by atoms with van der Waals surface area (Å²) in [6.07, 6.45) is 1.99. The third-order valence-corrected chi connectivity index (χ3v) is 2.74. The SMILES string of the molecule is CCCC(C)COC(=O)c1ccc(N)c([N+](=O)[O-])c1. The number of hydrogen-bond donors (Lipinski definition) is 1. The van der Waals surface area contributed by atoms with Crippen LogP contribution in [0.4, 0.5) is 11.4 Å². The highest BCUT2D eigenvalue weighted by Gasteiger charge is 2.17. The van der Waals surface area contributed by atoms with Gasteiger partial charge in [-0.25, -0.2) is 4.79 Å². The number of benzene rings is 1. The highest BCUT2D eigenvalue weighted by molar-refractivity contribution is 5.91. The van der Waals surface area contributed by atoms with Crippen molar-refractivity contribution in [2.45, 2.75) is 26.7 Å². The molecule has 1 aromatic carbocycles. The number of esters is 1. The van der Waals surface area contributed by atoms with Gasteiger partial charge in [-0.2, -0.15) is 0 Å². The van der Waals surface area contributed by atoms with Gasteiger partial charge in [-0.05, 0) is 24.5 Å². The Morgan fingerprint density at radius 2 is 2.21 bits per heavy atom. The second-order valence-corrected chi connectivity index (χ2v) is 4.52. The van der Waals surface area contributed by atoms with Crippen molar-refractivity contribution in [2.75, 3.05) is 12.3 Å². The van der Waals surface area contributed by atoms with Crippen molar-refractivity contribution in [3.8, 4) is 0 Å². The molecule has 0 amide bonds. The minimum atomic E-state index is -0.619. The Hall–Kier alpha value is -2.11. The predicted molar refractivity (Wildman–Crippen MR) is 71.9 cm³/mol. The van der Waals surface area contributed by atoms with Crippen molar-refractivity contribution < 1.29 is 14.5 Å². The van der Waals surface area contributed by atoms with Gasteiger partial charge in [-0.3, -0.25) is 10.1 Å². The third kappa shape index (κ3) is 4.24. The molecule has 2 N–H and O–H groups in total. The number of hydrogen-bond acceptors (Lipinski definition) is 5. The molecule has 104 valence electrons. The average molecular weight is 266 g/mol. The lowest BCUT2D eigenvalue weighted by molar-refractivity contribution is -0.383. The summed E-state index contributed by atoms with van der Waals surface area (Å²) >= 11 is 0. The largest absolute Gasteiger partial charge is 0.462 e. The van der Waals surface area contributed by atoms with Crippen LogP contribution in [0, 0.1) is 16.0 Å². The fourth-order valence-corrected chi connectivity index (χ4v) is 1.71. The van der Waals surface area contributed by atoms with Crippen LogP contribution in [0.25, 0.3) is 0 Å². The maximum atomic E-state index is 11.8. The van der Waals surface area contributed by atoms with Crippen LogP contribution < -0.4 is 5.73 Å². The van der Waals surface area contributed by atoms with E-state index in [0.29, 0.717) is 6.61 Å². The molecule has 1 rings (SSSR count). The van der Waals surface area contributed by atoms with Gasteiger partial charge < -0.3 is 10.5 Å². The monoisotopic (exact) mass is 266 g/mol. The van der Waals surface area contributed by atoms with E-state index in [4.69, 9.17) is 10.5 Å². The Morgan fingerprint density at radius 1 is 1.53 bits per heavy atom. The van der Waals surface area contributed by atoms with Gasteiger partial charge in [0.2, 0.25) is 0 Å². The molecule has 1 atom stereocenters. The van der Waals surface area contributed by atoms with Gasteiger partial charge in [0.15, 0.2) is 0 Å². The van der Waals surface area contributed by atoms with Gasteiger partial charge in [-0.15, -0.1) is 0 Å². The zero-order valence-corrected chi connectivity index (χ0v) is 11.1. The molecule has 19 heavy (non-hydrogen) atoms. The number of anilines is 1. The Balaban J connectivity index is 2.72. The van der Waals surface area contributed by atoms with Crippen molar-refractivity contribution in [3.05, 3.63) is 33.9 Å². The molecule has 6 nitrogen and oxygen atoms in total. The number of carbonyl (C=O) groups is 1. The van der Waals surface area contributed by atoms with E-state index < -0.39 is 10.9 Å². The molecule has 0 aliphatic heterocycles. The van der Waals surface area contributed by atoms with Gasteiger partial charge in [-0.1, -0.05) is 20.3 Å². The molecule has 0 radical (unpaired) electrons. The summed E-state index contributed by atoms with van der Waals surface area (Å²) in [5, 5.41) is 10.7. The lowest BCUT2D eigenvalue weighted by Crippen LogP contribution is -2.12. The van der Waals surface area contributed by atoms with E-state index in [9.17, 15) is 14.9 Å². The third-order valence-electron chi connectivity index (χ3n) is 2.74. The molecular formula is C13H18N2O4. The molecular weight excluding hydrogens is 248 g/mol. The smallest absolute Gasteiger partial charge is 0.338 e. The molecule has 0 bridgehead atoms. The van der Waals surface area contributed by atoms with E-state index >= 15 is 0 Å². The van der Waals surface area contributed by atoms with Gasteiger partial charge in [0.25, 0.3) is 5.69 Å². The number of carbonyl (C=O) groups excluding carboxylic acids is 1.